The molecule has 0 aromatic heterocycles. The molecule has 3 heterocycles. The van der Waals surface area contributed by atoms with Crippen molar-refractivity contribution in [2.75, 3.05) is 38.0 Å². The lowest BCUT2D eigenvalue weighted by Gasteiger charge is -2.42. The number of sulfonamides is 1. The minimum absolute atomic E-state index is 0.111. The molecular formula is C20H30N4O3S. The van der Waals surface area contributed by atoms with Crippen molar-refractivity contribution < 1.29 is 13.2 Å². The molecule has 3 saturated heterocycles. The average Bonchev–Trinajstić information content (AvgIpc) is 3.15. The number of fused-ring (bicyclic) bond motifs is 1. The largest absolute Gasteiger partial charge is 0.322 e. The molecule has 3 aliphatic heterocycles. The highest BCUT2D eigenvalue weighted by Crippen LogP contribution is 2.29. The third-order valence-corrected chi connectivity index (χ3v) is 8.22. The molecule has 28 heavy (non-hydrogen) atoms. The molecule has 8 heteroatoms. The van der Waals surface area contributed by atoms with Gasteiger partial charge in [-0.3, -0.25) is 4.90 Å². The van der Waals surface area contributed by atoms with E-state index in [9.17, 15) is 13.2 Å². The van der Waals surface area contributed by atoms with Gasteiger partial charge in [0.1, 0.15) is 4.90 Å². The van der Waals surface area contributed by atoms with Gasteiger partial charge in [0.15, 0.2) is 0 Å². The van der Waals surface area contributed by atoms with Gasteiger partial charge in [-0.05, 0) is 51.3 Å². The van der Waals surface area contributed by atoms with E-state index in [2.05, 4.69) is 17.1 Å². The number of carbonyl (C=O) groups is 1. The molecule has 2 amide bonds. The lowest BCUT2D eigenvalue weighted by atomic mass is 10.1. The molecule has 3 fully saturated rings. The predicted molar refractivity (Wildman–Crippen MR) is 109 cm³/mol. The highest BCUT2D eigenvalue weighted by Gasteiger charge is 2.37. The molecule has 1 N–H and O–H groups in total. The summed E-state index contributed by atoms with van der Waals surface area (Å²) in [5.74, 6) is 0. The Balaban J connectivity index is 1.53. The SMILES string of the molecule is C[C@@H]1CN2CCC[C@H]2CN1C(=O)Nc1ccccc1S(=O)(=O)N1CCCCC1. The highest BCUT2D eigenvalue weighted by atomic mass is 32.2. The number of piperidine rings is 1. The zero-order valence-corrected chi connectivity index (χ0v) is 17.3. The number of hydrogen-bond donors (Lipinski definition) is 1. The van der Waals surface area contributed by atoms with Gasteiger partial charge in [0, 0.05) is 38.3 Å². The Labute approximate surface area is 167 Å². The van der Waals surface area contributed by atoms with Crippen molar-refractivity contribution in [3.63, 3.8) is 0 Å². The first-order valence-electron chi connectivity index (χ1n) is 10.4. The number of nitrogens with one attached hydrogen (secondary N) is 1. The number of piperazine rings is 1. The van der Waals surface area contributed by atoms with Gasteiger partial charge in [0.2, 0.25) is 10.0 Å². The molecule has 154 valence electrons. The molecule has 4 rings (SSSR count). The Kier molecular flexibility index (Phi) is 5.62. The number of rotatable bonds is 3. The summed E-state index contributed by atoms with van der Waals surface area (Å²) >= 11 is 0. The molecule has 7 nitrogen and oxygen atoms in total. The Morgan fingerprint density at radius 2 is 1.79 bits per heavy atom. The summed E-state index contributed by atoms with van der Waals surface area (Å²) in [5, 5.41) is 2.90. The Hall–Kier alpha value is -1.64. The van der Waals surface area contributed by atoms with Crippen molar-refractivity contribution in [3.05, 3.63) is 24.3 Å². The number of anilines is 1. The number of nitrogens with zero attached hydrogens (tertiary/aromatic N) is 3. The van der Waals surface area contributed by atoms with Gasteiger partial charge in [-0.15, -0.1) is 0 Å². The van der Waals surface area contributed by atoms with Crippen LogP contribution in [0.5, 0.6) is 0 Å². The highest BCUT2D eigenvalue weighted by molar-refractivity contribution is 7.89. The van der Waals surface area contributed by atoms with Crippen LogP contribution in [0.3, 0.4) is 0 Å². The zero-order valence-electron chi connectivity index (χ0n) is 16.5. The summed E-state index contributed by atoms with van der Waals surface area (Å²) in [7, 11) is -3.60. The van der Waals surface area contributed by atoms with E-state index >= 15 is 0 Å². The number of urea groups is 1. The van der Waals surface area contributed by atoms with Crippen LogP contribution >= 0.6 is 0 Å². The molecule has 0 radical (unpaired) electrons. The summed E-state index contributed by atoms with van der Waals surface area (Å²) < 4.78 is 27.8. The van der Waals surface area contributed by atoms with Crippen LogP contribution < -0.4 is 5.32 Å². The van der Waals surface area contributed by atoms with Gasteiger partial charge in [-0.25, -0.2) is 13.2 Å². The van der Waals surface area contributed by atoms with Crippen LogP contribution in [0.15, 0.2) is 29.2 Å². The molecule has 2 atom stereocenters. The molecule has 3 aliphatic rings. The first-order chi connectivity index (χ1) is 13.5. The summed E-state index contributed by atoms with van der Waals surface area (Å²) in [5.41, 5.74) is 0.374. The van der Waals surface area contributed by atoms with Crippen LogP contribution in [-0.4, -0.2) is 73.4 Å². The lowest BCUT2D eigenvalue weighted by molar-refractivity contribution is 0.0861. The number of amides is 2. The fourth-order valence-electron chi connectivity index (χ4n) is 4.70. The van der Waals surface area contributed by atoms with Gasteiger partial charge in [-0.2, -0.15) is 4.31 Å². The quantitative estimate of drug-likeness (QED) is 0.837. The first-order valence-corrected chi connectivity index (χ1v) is 11.8. The van der Waals surface area contributed by atoms with E-state index in [4.69, 9.17) is 0 Å². The topological polar surface area (TPSA) is 73.0 Å². The van der Waals surface area contributed by atoms with Crippen LogP contribution in [0, 0.1) is 0 Å². The standard InChI is InChI=1S/C20H30N4O3S/c1-16-14-22-11-7-8-17(22)15-24(16)20(25)21-18-9-3-4-10-19(18)28(26,27)23-12-5-2-6-13-23/h3-4,9-10,16-17H,2,5-8,11-15H2,1H3,(H,21,25)/t16-,17+/m1/s1. The number of benzene rings is 1. The Bertz CT molecular complexity index is 822. The average molecular weight is 407 g/mol. The fraction of sp³-hybridized carbons (Fsp3) is 0.650. The lowest BCUT2D eigenvalue weighted by Crippen LogP contribution is -2.57. The summed E-state index contributed by atoms with van der Waals surface area (Å²) in [6.45, 7) is 5.85. The second-order valence-electron chi connectivity index (χ2n) is 8.18. The van der Waals surface area contributed by atoms with Crippen LogP contribution in [0.2, 0.25) is 0 Å². The number of hydrogen-bond acceptors (Lipinski definition) is 4. The van der Waals surface area contributed by atoms with Gasteiger partial charge in [0.25, 0.3) is 0 Å². The molecule has 0 spiro atoms. The van der Waals surface area contributed by atoms with Crippen molar-refractivity contribution in [3.8, 4) is 0 Å². The van der Waals surface area contributed by atoms with Gasteiger partial charge in [0.05, 0.1) is 5.69 Å². The summed E-state index contributed by atoms with van der Waals surface area (Å²) in [6.07, 6.45) is 5.14. The van der Waals surface area contributed by atoms with Crippen LogP contribution in [0.25, 0.3) is 0 Å². The molecule has 0 aliphatic carbocycles. The van der Waals surface area contributed by atoms with Gasteiger partial charge >= 0.3 is 6.03 Å². The Morgan fingerprint density at radius 3 is 2.57 bits per heavy atom. The normalized spacial score (nSPS) is 26.8. The number of para-hydroxylation sites is 1. The predicted octanol–water partition coefficient (Wildman–Crippen LogP) is 2.56. The van der Waals surface area contributed by atoms with Gasteiger partial charge < -0.3 is 10.2 Å². The Morgan fingerprint density at radius 1 is 1.04 bits per heavy atom. The van der Waals surface area contributed by atoms with E-state index in [1.165, 1.54) is 6.42 Å². The van der Waals surface area contributed by atoms with Crippen molar-refractivity contribution in [2.45, 2.75) is 56.0 Å². The monoisotopic (exact) mass is 406 g/mol. The molecule has 0 bridgehead atoms. The first kappa shape index (κ1) is 19.7. The molecular weight excluding hydrogens is 376 g/mol. The second kappa shape index (κ2) is 8.00. The van der Waals surface area contributed by atoms with E-state index in [1.54, 1.807) is 28.6 Å². The van der Waals surface area contributed by atoms with Crippen molar-refractivity contribution in [2.24, 2.45) is 0 Å². The molecule has 0 unspecified atom stereocenters. The van der Waals surface area contributed by atoms with Crippen molar-refractivity contribution in [1.29, 1.82) is 0 Å². The molecule has 1 aromatic carbocycles. The van der Waals surface area contributed by atoms with Gasteiger partial charge in [-0.1, -0.05) is 18.6 Å². The minimum atomic E-state index is -3.60. The third kappa shape index (κ3) is 3.77. The molecule has 0 saturated carbocycles. The van der Waals surface area contributed by atoms with Crippen LogP contribution in [-0.2, 0) is 10.0 Å². The third-order valence-electron chi connectivity index (χ3n) is 6.26. The number of carbonyl (C=O) groups excluding carboxylic acids is 1. The maximum atomic E-state index is 13.1. The van der Waals surface area contributed by atoms with E-state index < -0.39 is 10.0 Å². The maximum Gasteiger partial charge on any atom is 0.322 e. The van der Waals surface area contributed by atoms with E-state index in [-0.39, 0.29) is 17.0 Å². The van der Waals surface area contributed by atoms with Crippen molar-refractivity contribution in [1.82, 2.24) is 14.1 Å². The molecule has 1 aromatic rings. The van der Waals surface area contributed by atoms with E-state index in [0.29, 0.717) is 31.4 Å². The van der Waals surface area contributed by atoms with Crippen molar-refractivity contribution >= 4 is 21.7 Å². The minimum Gasteiger partial charge on any atom is -0.319 e. The van der Waals surface area contributed by atoms with E-state index in [0.717, 1.165) is 38.8 Å². The van der Waals surface area contributed by atoms with E-state index in [1.807, 2.05) is 4.90 Å². The zero-order chi connectivity index (χ0) is 19.7. The van der Waals surface area contributed by atoms with Crippen LogP contribution in [0.4, 0.5) is 10.5 Å². The maximum absolute atomic E-state index is 13.1. The van der Waals surface area contributed by atoms with Crippen LogP contribution in [0.1, 0.15) is 39.0 Å². The second-order valence-corrected chi connectivity index (χ2v) is 10.1. The fourth-order valence-corrected chi connectivity index (χ4v) is 6.36. The summed E-state index contributed by atoms with van der Waals surface area (Å²) in [4.78, 5) is 17.5. The smallest absolute Gasteiger partial charge is 0.319 e. The summed E-state index contributed by atoms with van der Waals surface area (Å²) in [6, 6.07) is 7.09.